The summed E-state index contributed by atoms with van der Waals surface area (Å²) < 4.78 is 0. The molecule has 0 bridgehead atoms. The Labute approximate surface area is 110 Å². The molecule has 6 heteroatoms. The van der Waals surface area contributed by atoms with Gasteiger partial charge < -0.3 is 21.3 Å². The number of carbonyl (C=O) groups is 2. The summed E-state index contributed by atoms with van der Waals surface area (Å²) in [5.74, 6) is -1.41. The lowest BCUT2D eigenvalue weighted by Gasteiger charge is -2.17. The number of phenolic OH excluding ortho intramolecular Hbond substituents is 1. The first-order valence-corrected chi connectivity index (χ1v) is 6.01. The summed E-state index contributed by atoms with van der Waals surface area (Å²) in [5.41, 5.74) is 5.54. The molecule has 0 unspecified atom stereocenters. The second-order valence-corrected chi connectivity index (χ2v) is 4.89. The van der Waals surface area contributed by atoms with Crippen LogP contribution in [0.1, 0.15) is 18.4 Å². The average Bonchev–Trinajstić information content (AvgIpc) is 3.10. The number of phenols is 1. The molecule has 0 heterocycles. The number of aromatic hydroxyl groups is 1. The largest absolute Gasteiger partial charge is 0.508 e. The highest BCUT2D eigenvalue weighted by Crippen LogP contribution is 2.32. The second-order valence-electron chi connectivity index (χ2n) is 4.89. The molecular formula is C13H16N2O4. The average molecular weight is 264 g/mol. The van der Waals surface area contributed by atoms with Crippen LogP contribution < -0.4 is 11.1 Å². The third-order valence-corrected chi connectivity index (χ3v) is 3.22. The molecule has 0 aliphatic heterocycles. The van der Waals surface area contributed by atoms with Gasteiger partial charge in [0.1, 0.15) is 11.8 Å². The van der Waals surface area contributed by atoms with Gasteiger partial charge in [-0.3, -0.25) is 4.79 Å². The van der Waals surface area contributed by atoms with Gasteiger partial charge in [0.05, 0.1) is 5.54 Å². The molecular weight excluding hydrogens is 248 g/mol. The van der Waals surface area contributed by atoms with Crippen LogP contribution in [-0.4, -0.2) is 33.7 Å². The van der Waals surface area contributed by atoms with Crippen LogP contribution in [0.3, 0.4) is 0 Å². The summed E-state index contributed by atoms with van der Waals surface area (Å²) in [6, 6.07) is 5.17. The summed E-state index contributed by atoms with van der Waals surface area (Å²) in [5, 5.41) is 20.7. The molecule has 102 valence electrons. The smallest absolute Gasteiger partial charge is 0.326 e. The molecule has 1 aliphatic rings. The van der Waals surface area contributed by atoms with Crippen LogP contribution in [-0.2, 0) is 16.0 Å². The number of carboxylic acid groups (broad SMARTS) is 1. The molecule has 0 aromatic heterocycles. The molecule has 1 aromatic carbocycles. The van der Waals surface area contributed by atoms with E-state index in [4.69, 9.17) is 15.9 Å². The molecule has 1 saturated carbocycles. The van der Waals surface area contributed by atoms with Crippen LogP contribution in [0, 0.1) is 0 Å². The predicted octanol–water partition coefficient (Wildman–Crippen LogP) is -0.00460. The number of hydrogen-bond acceptors (Lipinski definition) is 4. The molecule has 1 amide bonds. The van der Waals surface area contributed by atoms with Gasteiger partial charge in [-0.25, -0.2) is 4.79 Å². The Bertz CT molecular complexity index is 494. The first kappa shape index (κ1) is 13.4. The maximum atomic E-state index is 11.7. The number of nitrogens with one attached hydrogen (secondary N) is 1. The van der Waals surface area contributed by atoms with Gasteiger partial charge in [0.25, 0.3) is 0 Å². The van der Waals surface area contributed by atoms with Crippen LogP contribution in [0.5, 0.6) is 5.75 Å². The monoisotopic (exact) mass is 264 g/mol. The molecule has 1 aromatic rings. The highest BCUT2D eigenvalue weighted by molar-refractivity contribution is 5.92. The summed E-state index contributed by atoms with van der Waals surface area (Å²) in [4.78, 5) is 22.9. The second kappa shape index (κ2) is 4.89. The topological polar surface area (TPSA) is 113 Å². The van der Waals surface area contributed by atoms with Crippen LogP contribution in [0.25, 0.3) is 0 Å². The first-order valence-electron chi connectivity index (χ1n) is 6.01. The summed E-state index contributed by atoms with van der Waals surface area (Å²) >= 11 is 0. The molecule has 1 atom stereocenters. The van der Waals surface area contributed by atoms with E-state index in [1.807, 2.05) is 0 Å². The van der Waals surface area contributed by atoms with Crippen molar-refractivity contribution in [3.05, 3.63) is 29.8 Å². The standard InChI is InChI=1S/C13H16N2O4/c14-13(5-6-13)12(19)15-10(11(17)18)7-8-1-3-9(16)4-2-8/h1-4,10,16H,5-7,14H2,(H,15,19)(H,17,18)/t10-/m0/s1. The SMILES string of the molecule is NC1(C(=O)N[C@@H](Cc2ccc(O)cc2)C(=O)O)CC1. The van der Waals surface area contributed by atoms with E-state index in [0.29, 0.717) is 18.4 Å². The van der Waals surface area contributed by atoms with Gasteiger partial charge in [-0.1, -0.05) is 12.1 Å². The van der Waals surface area contributed by atoms with E-state index in [-0.39, 0.29) is 12.2 Å². The fourth-order valence-corrected chi connectivity index (χ4v) is 1.73. The minimum atomic E-state index is -1.11. The Balaban J connectivity index is 2.02. The maximum absolute atomic E-state index is 11.7. The van der Waals surface area contributed by atoms with Gasteiger partial charge in [0.15, 0.2) is 0 Å². The van der Waals surface area contributed by atoms with Crippen molar-refractivity contribution < 1.29 is 19.8 Å². The number of rotatable bonds is 5. The molecule has 6 nitrogen and oxygen atoms in total. The summed E-state index contributed by atoms with van der Waals surface area (Å²) in [6.45, 7) is 0. The van der Waals surface area contributed by atoms with Gasteiger partial charge in [0, 0.05) is 6.42 Å². The highest BCUT2D eigenvalue weighted by atomic mass is 16.4. The number of benzene rings is 1. The van der Waals surface area contributed by atoms with Crippen molar-refractivity contribution in [3.8, 4) is 5.75 Å². The third-order valence-electron chi connectivity index (χ3n) is 3.22. The zero-order valence-corrected chi connectivity index (χ0v) is 10.3. The molecule has 5 N–H and O–H groups in total. The predicted molar refractivity (Wildman–Crippen MR) is 67.5 cm³/mol. The van der Waals surface area contributed by atoms with Crippen molar-refractivity contribution in [1.29, 1.82) is 0 Å². The minimum absolute atomic E-state index is 0.110. The Morgan fingerprint density at radius 3 is 2.37 bits per heavy atom. The number of carboxylic acids is 1. The number of hydrogen-bond donors (Lipinski definition) is 4. The molecule has 2 rings (SSSR count). The van der Waals surface area contributed by atoms with E-state index in [1.54, 1.807) is 12.1 Å². The van der Waals surface area contributed by atoms with Crippen LogP contribution in [0.15, 0.2) is 24.3 Å². The lowest BCUT2D eigenvalue weighted by atomic mass is 10.1. The highest BCUT2D eigenvalue weighted by Gasteiger charge is 2.46. The van der Waals surface area contributed by atoms with E-state index in [2.05, 4.69) is 5.32 Å². The van der Waals surface area contributed by atoms with E-state index < -0.39 is 23.5 Å². The Morgan fingerprint density at radius 2 is 1.89 bits per heavy atom. The van der Waals surface area contributed by atoms with Crippen molar-refractivity contribution >= 4 is 11.9 Å². The van der Waals surface area contributed by atoms with Crippen LogP contribution in [0.4, 0.5) is 0 Å². The van der Waals surface area contributed by atoms with Crippen LogP contribution >= 0.6 is 0 Å². The lowest BCUT2D eigenvalue weighted by molar-refractivity contribution is -0.142. The molecule has 19 heavy (non-hydrogen) atoms. The lowest BCUT2D eigenvalue weighted by Crippen LogP contribution is -2.50. The Hall–Kier alpha value is -2.08. The zero-order valence-electron chi connectivity index (χ0n) is 10.3. The molecule has 1 fully saturated rings. The normalized spacial score (nSPS) is 17.5. The molecule has 0 saturated heterocycles. The van der Waals surface area contributed by atoms with Gasteiger partial charge in [0.2, 0.25) is 5.91 Å². The van der Waals surface area contributed by atoms with Gasteiger partial charge >= 0.3 is 5.97 Å². The van der Waals surface area contributed by atoms with E-state index in [9.17, 15) is 9.59 Å². The minimum Gasteiger partial charge on any atom is -0.508 e. The van der Waals surface area contributed by atoms with Gasteiger partial charge in [-0.05, 0) is 30.5 Å². The number of nitrogens with two attached hydrogens (primary N) is 1. The number of amides is 1. The molecule has 0 radical (unpaired) electrons. The Kier molecular flexibility index (Phi) is 3.44. The van der Waals surface area contributed by atoms with E-state index in [1.165, 1.54) is 12.1 Å². The molecule has 0 spiro atoms. The third kappa shape index (κ3) is 3.23. The first-order chi connectivity index (χ1) is 8.90. The number of carbonyl (C=O) groups excluding carboxylic acids is 1. The molecule has 1 aliphatic carbocycles. The van der Waals surface area contributed by atoms with E-state index in [0.717, 1.165) is 0 Å². The number of aliphatic carboxylic acids is 1. The van der Waals surface area contributed by atoms with Gasteiger partial charge in [-0.2, -0.15) is 0 Å². The summed E-state index contributed by atoms with van der Waals surface area (Å²) in [7, 11) is 0. The van der Waals surface area contributed by atoms with E-state index >= 15 is 0 Å². The van der Waals surface area contributed by atoms with Gasteiger partial charge in [-0.15, -0.1) is 0 Å². The van der Waals surface area contributed by atoms with Crippen molar-refractivity contribution in [1.82, 2.24) is 5.32 Å². The van der Waals surface area contributed by atoms with Crippen LogP contribution in [0.2, 0.25) is 0 Å². The maximum Gasteiger partial charge on any atom is 0.326 e. The fraction of sp³-hybridized carbons (Fsp3) is 0.385. The zero-order chi connectivity index (χ0) is 14.0. The fourth-order valence-electron chi connectivity index (χ4n) is 1.73. The van der Waals surface area contributed by atoms with Crippen molar-refractivity contribution in [2.75, 3.05) is 0 Å². The quantitative estimate of drug-likeness (QED) is 0.597. The van der Waals surface area contributed by atoms with Crippen molar-refractivity contribution in [3.63, 3.8) is 0 Å². The van der Waals surface area contributed by atoms with Crippen molar-refractivity contribution in [2.45, 2.75) is 30.8 Å². The summed E-state index contributed by atoms with van der Waals surface area (Å²) in [6.07, 6.45) is 1.33. The van der Waals surface area contributed by atoms with Crippen molar-refractivity contribution in [2.24, 2.45) is 5.73 Å². The Morgan fingerprint density at radius 1 is 1.32 bits per heavy atom.